The largest absolute Gasteiger partial charge is 0.494 e. The fraction of sp³-hybridized carbons (Fsp3) is 0.375. The van der Waals surface area contributed by atoms with Gasteiger partial charge in [-0.1, -0.05) is 30.3 Å². The van der Waals surface area contributed by atoms with Crippen LogP contribution in [-0.2, 0) is 14.3 Å². The third kappa shape index (κ3) is 7.70. The first-order valence-corrected chi connectivity index (χ1v) is 10.2. The molecule has 2 aromatic rings. The lowest BCUT2D eigenvalue weighted by Crippen LogP contribution is -2.31. The van der Waals surface area contributed by atoms with E-state index >= 15 is 0 Å². The summed E-state index contributed by atoms with van der Waals surface area (Å²) >= 11 is 0. The molecule has 2 aromatic carbocycles. The first-order valence-electron chi connectivity index (χ1n) is 10.2. The molecule has 0 bridgehead atoms. The molecule has 0 aromatic heterocycles. The molecule has 0 fully saturated rings. The van der Waals surface area contributed by atoms with Gasteiger partial charge in [-0.05, 0) is 50.6 Å². The van der Waals surface area contributed by atoms with Crippen molar-refractivity contribution in [2.45, 2.75) is 52.2 Å². The van der Waals surface area contributed by atoms with Gasteiger partial charge in [0.1, 0.15) is 5.75 Å². The molecule has 6 nitrogen and oxygen atoms in total. The van der Waals surface area contributed by atoms with Gasteiger partial charge in [0.2, 0.25) is 5.91 Å². The van der Waals surface area contributed by atoms with E-state index in [0.717, 1.165) is 5.56 Å². The molecule has 0 aliphatic rings. The average Bonchev–Trinajstić information content (AvgIpc) is 2.72. The summed E-state index contributed by atoms with van der Waals surface area (Å²) < 4.78 is 10.6. The van der Waals surface area contributed by atoms with Crippen molar-refractivity contribution in [3.8, 4) is 5.75 Å². The smallest absolute Gasteiger partial charge is 0.308 e. The van der Waals surface area contributed by atoms with E-state index in [1.807, 2.05) is 37.3 Å². The second kappa shape index (κ2) is 11.8. The third-order valence-corrected chi connectivity index (χ3v) is 4.34. The SMILES string of the molecule is CCOc1ccc(C(=O)CCC(=O)N[C@H](CC(=O)OC(C)C)c2ccccc2)cc1. The van der Waals surface area contributed by atoms with Crippen LogP contribution >= 0.6 is 0 Å². The first-order chi connectivity index (χ1) is 14.4. The molecule has 30 heavy (non-hydrogen) atoms. The first kappa shape index (κ1) is 23.1. The van der Waals surface area contributed by atoms with Crippen molar-refractivity contribution in [2.75, 3.05) is 6.61 Å². The number of ketones is 1. The molecule has 0 unspecified atom stereocenters. The second-order valence-electron chi connectivity index (χ2n) is 7.15. The number of ether oxygens (including phenoxy) is 2. The lowest BCUT2D eigenvalue weighted by atomic mass is 10.0. The minimum Gasteiger partial charge on any atom is -0.494 e. The van der Waals surface area contributed by atoms with E-state index in [-0.39, 0.29) is 43.0 Å². The summed E-state index contributed by atoms with van der Waals surface area (Å²) in [4.78, 5) is 37.0. The molecular formula is C24H29NO5. The quantitative estimate of drug-likeness (QED) is 0.442. The van der Waals surface area contributed by atoms with Gasteiger partial charge in [-0.15, -0.1) is 0 Å². The van der Waals surface area contributed by atoms with Crippen molar-refractivity contribution >= 4 is 17.7 Å². The maximum Gasteiger partial charge on any atom is 0.308 e. The topological polar surface area (TPSA) is 81.7 Å². The van der Waals surface area contributed by atoms with Crippen LogP contribution in [-0.4, -0.2) is 30.4 Å². The number of carbonyl (C=O) groups is 3. The van der Waals surface area contributed by atoms with Gasteiger partial charge in [-0.3, -0.25) is 14.4 Å². The Morgan fingerprint density at radius 1 is 0.933 bits per heavy atom. The van der Waals surface area contributed by atoms with Crippen LogP contribution in [0.4, 0.5) is 0 Å². The van der Waals surface area contributed by atoms with Crippen molar-refractivity contribution in [2.24, 2.45) is 0 Å². The molecule has 6 heteroatoms. The zero-order chi connectivity index (χ0) is 21.9. The summed E-state index contributed by atoms with van der Waals surface area (Å²) in [5, 5.41) is 2.86. The number of nitrogens with one attached hydrogen (secondary N) is 1. The molecule has 1 amide bonds. The fourth-order valence-corrected chi connectivity index (χ4v) is 2.96. The third-order valence-electron chi connectivity index (χ3n) is 4.34. The molecule has 0 radical (unpaired) electrons. The molecule has 0 aliphatic carbocycles. The lowest BCUT2D eigenvalue weighted by molar-refractivity contribution is -0.148. The summed E-state index contributed by atoms with van der Waals surface area (Å²) in [7, 11) is 0. The molecule has 2 rings (SSSR count). The highest BCUT2D eigenvalue weighted by Gasteiger charge is 2.20. The Morgan fingerprint density at radius 2 is 1.60 bits per heavy atom. The van der Waals surface area contributed by atoms with Crippen molar-refractivity contribution in [1.82, 2.24) is 5.32 Å². The second-order valence-corrected chi connectivity index (χ2v) is 7.15. The Kier molecular flexibility index (Phi) is 9.06. The standard InChI is InChI=1S/C24H29NO5/c1-4-29-20-12-10-19(11-13-20)22(26)14-15-23(27)25-21(16-24(28)30-17(2)3)18-8-6-5-7-9-18/h5-13,17,21H,4,14-16H2,1-3H3,(H,25,27)/t21-/m1/s1. The van der Waals surface area contributed by atoms with Gasteiger partial charge in [0.15, 0.2) is 5.78 Å². The number of rotatable bonds is 11. The van der Waals surface area contributed by atoms with Crippen molar-refractivity contribution in [3.05, 3.63) is 65.7 Å². The Labute approximate surface area is 177 Å². The summed E-state index contributed by atoms with van der Waals surface area (Å²) in [5.41, 5.74) is 1.34. The Morgan fingerprint density at radius 3 is 2.20 bits per heavy atom. The zero-order valence-electron chi connectivity index (χ0n) is 17.7. The molecule has 0 saturated carbocycles. The average molecular weight is 411 g/mol. The van der Waals surface area contributed by atoms with Crippen LogP contribution in [0.25, 0.3) is 0 Å². The van der Waals surface area contributed by atoms with E-state index in [1.54, 1.807) is 38.1 Å². The van der Waals surface area contributed by atoms with E-state index < -0.39 is 6.04 Å². The molecule has 0 aliphatic heterocycles. The summed E-state index contributed by atoms with van der Waals surface area (Å²) in [6.07, 6.45) is -0.0796. The minimum atomic E-state index is -0.509. The van der Waals surface area contributed by atoms with E-state index in [4.69, 9.17) is 9.47 Å². The van der Waals surface area contributed by atoms with Crippen LogP contribution in [0.2, 0.25) is 0 Å². The van der Waals surface area contributed by atoms with E-state index in [0.29, 0.717) is 17.9 Å². The number of esters is 1. The summed E-state index contributed by atoms with van der Waals surface area (Å²) in [6.45, 7) is 6.00. The van der Waals surface area contributed by atoms with Crippen LogP contribution < -0.4 is 10.1 Å². The minimum absolute atomic E-state index is 0.0285. The molecule has 0 spiro atoms. The van der Waals surface area contributed by atoms with Crippen LogP contribution in [0.5, 0.6) is 5.75 Å². The van der Waals surface area contributed by atoms with Crippen molar-refractivity contribution in [3.63, 3.8) is 0 Å². The van der Waals surface area contributed by atoms with E-state index in [1.165, 1.54) is 0 Å². The molecule has 1 atom stereocenters. The molecule has 0 heterocycles. The maximum atomic E-state index is 12.5. The van der Waals surface area contributed by atoms with Crippen molar-refractivity contribution < 1.29 is 23.9 Å². The normalized spacial score (nSPS) is 11.6. The monoisotopic (exact) mass is 411 g/mol. The van der Waals surface area contributed by atoms with Gasteiger partial charge in [0.05, 0.1) is 25.2 Å². The number of carbonyl (C=O) groups excluding carboxylic acids is 3. The van der Waals surface area contributed by atoms with Gasteiger partial charge in [0, 0.05) is 18.4 Å². The van der Waals surface area contributed by atoms with Gasteiger partial charge < -0.3 is 14.8 Å². The van der Waals surface area contributed by atoms with Gasteiger partial charge >= 0.3 is 5.97 Å². The number of benzene rings is 2. The van der Waals surface area contributed by atoms with Gasteiger partial charge in [0.25, 0.3) is 0 Å². The Balaban J connectivity index is 1.94. The molecule has 160 valence electrons. The van der Waals surface area contributed by atoms with Crippen LogP contribution in [0, 0.1) is 0 Å². The Bertz CT molecular complexity index is 830. The summed E-state index contributed by atoms with van der Waals surface area (Å²) in [6, 6.07) is 15.6. The molecular weight excluding hydrogens is 382 g/mol. The number of amides is 1. The number of hydrogen-bond donors (Lipinski definition) is 1. The lowest BCUT2D eigenvalue weighted by Gasteiger charge is -2.19. The van der Waals surface area contributed by atoms with Gasteiger partial charge in [-0.25, -0.2) is 0 Å². The summed E-state index contributed by atoms with van der Waals surface area (Å²) in [5.74, 6) is -0.0976. The predicted molar refractivity (Wildman–Crippen MR) is 114 cm³/mol. The number of hydrogen-bond acceptors (Lipinski definition) is 5. The highest BCUT2D eigenvalue weighted by atomic mass is 16.5. The van der Waals surface area contributed by atoms with E-state index in [9.17, 15) is 14.4 Å². The number of Topliss-reactive ketones (excluding diaryl/α,β-unsaturated/α-hetero) is 1. The predicted octanol–water partition coefficient (Wildman–Crippen LogP) is 4.25. The Hall–Kier alpha value is -3.15. The molecule has 0 saturated heterocycles. The zero-order valence-corrected chi connectivity index (χ0v) is 17.7. The van der Waals surface area contributed by atoms with Crippen molar-refractivity contribution in [1.29, 1.82) is 0 Å². The highest BCUT2D eigenvalue weighted by Crippen LogP contribution is 2.19. The fourth-order valence-electron chi connectivity index (χ4n) is 2.96. The molecule has 1 N–H and O–H groups in total. The van der Waals surface area contributed by atoms with E-state index in [2.05, 4.69) is 5.32 Å². The highest BCUT2D eigenvalue weighted by molar-refractivity contribution is 5.98. The van der Waals surface area contributed by atoms with Crippen LogP contribution in [0.15, 0.2) is 54.6 Å². The van der Waals surface area contributed by atoms with Crippen LogP contribution in [0.1, 0.15) is 62.0 Å². The van der Waals surface area contributed by atoms with Gasteiger partial charge in [-0.2, -0.15) is 0 Å². The van der Waals surface area contributed by atoms with Crippen LogP contribution in [0.3, 0.4) is 0 Å². The maximum absolute atomic E-state index is 12.5.